The largest absolute Gasteiger partial charge is 0.480 e. The zero-order valence-corrected chi connectivity index (χ0v) is 33.4. The highest BCUT2D eigenvalue weighted by atomic mass is 35.5. The Hall–Kier alpha value is -4.51. The highest BCUT2D eigenvalue weighted by molar-refractivity contribution is 7.89. The molecule has 17 heteroatoms. The van der Waals surface area contributed by atoms with Crippen LogP contribution in [0.15, 0.2) is 53.6 Å². The summed E-state index contributed by atoms with van der Waals surface area (Å²) in [6.07, 6.45) is 7.35. The summed E-state index contributed by atoms with van der Waals surface area (Å²) in [4.78, 5) is 39.5. The van der Waals surface area contributed by atoms with Crippen LogP contribution in [0, 0.1) is 5.92 Å². The fraction of sp³-hybridized carbons (Fsp3) is 0.513. The molecule has 2 N–H and O–H groups in total. The molecule has 298 valence electrons. The number of imide groups is 1. The Morgan fingerprint density at radius 2 is 1.71 bits per heavy atom. The molecule has 4 fully saturated rings. The molecule has 0 unspecified atom stereocenters. The van der Waals surface area contributed by atoms with Crippen LogP contribution in [0.3, 0.4) is 0 Å². The number of carbonyl (C=O) groups excluding carboxylic acids is 2. The van der Waals surface area contributed by atoms with E-state index in [-0.39, 0.29) is 18.4 Å². The van der Waals surface area contributed by atoms with E-state index in [0.717, 1.165) is 75.0 Å². The number of methoxy groups -OCH3 is 1. The number of rotatable bonds is 10. The summed E-state index contributed by atoms with van der Waals surface area (Å²) < 4.78 is 36.1. The van der Waals surface area contributed by atoms with Crippen LogP contribution in [0.2, 0.25) is 5.02 Å². The third kappa shape index (κ3) is 8.02. The third-order valence-corrected chi connectivity index (χ3v) is 14.0. The van der Waals surface area contributed by atoms with Gasteiger partial charge in [-0.3, -0.25) is 19.7 Å². The predicted molar refractivity (Wildman–Crippen MR) is 215 cm³/mol. The molecule has 3 amide bonds. The van der Waals surface area contributed by atoms with E-state index < -0.39 is 16.1 Å². The fourth-order valence-corrected chi connectivity index (χ4v) is 10.3. The van der Waals surface area contributed by atoms with Crippen LogP contribution >= 0.6 is 11.6 Å². The number of aryl methyl sites for hydroxylation is 1. The zero-order valence-electron chi connectivity index (χ0n) is 31.9. The first kappa shape index (κ1) is 38.4. The normalized spacial score (nSPS) is 20.1. The zero-order chi connectivity index (χ0) is 39.0. The average Bonchev–Trinajstić information content (AvgIpc) is 3.54. The van der Waals surface area contributed by atoms with E-state index in [1.165, 1.54) is 18.9 Å². The number of carbonyl (C=O) groups is 2. The van der Waals surface area contributed by atoms with Gasteiger partial charge in [0.25, 0.3) is 0 Å². The maximum Gasteiger partial charge on any atom is 0.329 e. The molecule has 4 aliphatic rings. The molecule has 0 atom stereocenters. The van der Waals surface area contributed by atoms with Crippen molar-refractivity contribution in [2.45, 2.75) is 61.8 Å². The van der Waals surface area contributed by atoms with E-state index in [1.54, 1.807) is 15.3 Å². The number of nitrogens with one attached hydrogen (secondary N) is 2. The number of amides is 3. The fourth-order valence-electron chi connectivity index (χ4n) is 8.64. The number of urea groups is 1. The Morgan fingerprint density at radius 1 is 0.946 bits per heavy atom. The van der Waals surface area contributed by atoms with Gasteiger partial charge >= 0.3 is 6.03 Å². The lowest BCUT2D eigenvalue weighted by Gasteiger charge is -2.38. The number of halogens is 1. The molecule has 4 saturated heterocycles. The summed E-state index contributed by atoms with van der Waals surface area (Å²) in [6.45, 7) is 6.14. The lowest BCUT2D eigenvalue weighted by atomic mass is 9.88. The maximum atomic E-state index is 13.7. The molecule has 56 heavy (non-hydrogen) atoms. The van der Waals surface area contributed by atoms with Crippen molar-refractivity contribution in [3.05, 3.63) is 59.2 Å². The number of nitrogens with zero attached hydrogens (tertiary/aromatic N) is 8. The van der Waals surface area contributed by atoms with E-state index >= 15 is 0 Å². The predicted octanol–water partition coefficient (Wildman–Crippen LogP) is 4.83. The molecule has 0 spiro atoms. The molecule has 2 aromatic carbocycles. The summed E-state index contributed by atoms with van der Waals surface area (Å²) in [7, 11) is -0.237. The number of sulfonamides is 1. The lowest BCUT2D eigenvalue weighted by Crippen LogP contribution is -2.49. The van der Waals surface area contributed by atoms with Crippen molar-refractivity contribution < 1.29 is 22.7 Å². The number of aromatic nitrogens is 4. The van der Waals surface area contributed by atoms with Gasteiger partial charge in [0.05, 0.1) is 23.7 Å². The van der Waals surface area contributed by atoms with Crippen molar-refractivity contribution in [3.63, 3.8) is 0 Å². The Kier molecular flexibility index (Phi) is 11.1. The molecule has 4 aliphatic heterocycles. The van der Waals surface area contributed by atoms with E-state index in [1.807, 2.05) is 29.9 Å². The minimum absolute atomic E-state index is 0.0380. The SMILES string of the molecule is COc1nc(NC2CCN(S(=O)(=O)c3cccc(N4CCC(CN5CCC(c6ccc7c(N8CCC(=O)NC8=O)nn(C)c7c6)CC5)CC4)c3)CC2)ncc1Cl. The van der Waals surface area contributed by atoms with Crippen LogP contribution < -0.4 is 25.2 Å². The number of anilines is 3. The summed E-state index contributed by atoms with van der Waals surface area (Å²) in [5, 5.41) is 11.6. The molecule has 0 radical (unpaired) electrons. The minimum atomic E-state index is -3.64. The van der Waals surface area contributed by atoms with Crippen LogP contribution in [0.1, 0.15) is 56.4 Å². The topological polar surface area (TPSA) is 158 Å². The number of hydrogen-bond acceptors (Lipinski definition) is 11. The second-order valence-electron chi connectivity index (χ2n) is 15.4. The van der Waals surface area contributed by atoms with Gasteiger partial charge in [0, 0.05) is 69.9 Å². The first-order valence-corrected chi connectivity index (χ1v) is 21.4. The number of ether oxygens (including phenoxy) is 1. The highest BCUT2D eigenvalue weighted by Crippen LogP contribution is 2.35. The van der Waals surface area contributed by atoms with Gasteiger partial charge in [-0.1, -0.05) is 23.7 Å². The lowest BCUT2D eigenvalue weighted by molar-refractivity contribution is -0.120. The van der Waals surface area contributed by atoms with Crippen LogP contribution in [-0.4, -0.2) is 115 Å². The van der Waals surface area contributed by atoms with Gasteiger partial charge in [-0.2, -0.15) is 14.4 Å². The number of benzene rings is 2. The van der Waals surface area contributed by atoms with Crippen molar-refractivity contribution in [2.24, 2.45) is 13.0 Å². The quantitative estimate of drug-likeness (QED) is 0.226. The molecular weight excluding hydrogens is 756 g/mol. The van der Waals surface area contributed by atoms with Crippen LogP contribution in [0.25, 0.3) is 10.9 Å². The number of fused-ring (bicyclic) bond motifs is 1. The first-order chi connectivity index (χ1) is 27.0. The van der Waals surface area contributed by atoms with Crippen LogP contribution in [0.4, 0.5) is 22.2 Å². The Balaban J connectivity index is 0.806. The van der Waals surface area contributed by atoms with Gasteiger partial charge in [-0.15, -0.1) is 0 Å². The molecule has 2 aromatic heterocycles. The summed E-state index contributed by atoms with van der Waals surface area (Å²) >= 11 is 6.05. The molecule has 15 nitrogen and oxygen atoms in total. The van der Waals surface area contributed by atoms with Gasteiger partial charge < -0.3 is 19.9 Å². The summed E-state index contributed by atoms with van der Waals surface area (Å²) in [6, 6.07) is 13.5. The number of likely N-dealkylation sites (tertiary alicyclic amines) is 1. The Labute approximate surface area is 332 Å². The molecule has 0 saturated carbocycles. The second-order valence-corrected chi connectivity index (χ2v) is 17.7. The summed E-state index contributed by atoms with van der Waals surface area (Å²) in [5.41, 5.74) is 3.25. The third-order valence-electron chi connectivity index (χ3n) is 11.9. The van der Waals surface area contributed by atoms with Crippen molar-refractivity contribution in [2.75, 3.05) is 74.6 Å². The van der Waals surface area contributed by atoms with Gasteiger partial charge in [-0.05, 0) is 99.3 Å². The van der Waals surface area contributed by atoms with E-state index in [9.17, 15) is 18.0 Å². The molecule has 8 rings (SSSR count). The standard InChI is InChI=1S/C39H49ClN10O5S/c1-46-34-22-28(6-7-32(34)36(45-46)50-21-14-35(51)43-39(50)52)27-10-15-47(16-11-27)25-26-8-17-48(18-9-26)30-4-3-5-31(23-30)56(53,54)49-19-12-29(13-20-49)42-38-41-24-33(40)37(44-38)55-2/h3-7,22-24,26-27,29H,8-21,25H2,1-2H3,(H,41,42,44)(H,43,51,52). The van der Waals surface area contributed by atoms with Gasteiger partial charge in [0.15, 0.2) is 5.82 Å². The Morgan fingerprint density at radius 3 is 2.45 bits per heavy atom. The first-order valence-electron chi connectivity index (χ1n) is 19.5. The molecule has 6 heterocycles. The minimum Gasteiger partial charge on any atom is -0.480 e. The molecule has 0 bridgehead atoms. The highest BCUT2D eigenvalue weighted by Gasteiger charge is 2.32. The summed E-state index contributed by atoms with van der Waals surface area (Å²) in [5.74, 6) is 2.11. The van der Waals surface area contributed by atoms with Crippen LogP contribution in [0.5, 0.6) is 5.88 Å². The number of piperidine rings is 3. The number of hydrogen-bond donors (Lipinski definition) is 2. The second kappa shape index (κ2) is 16.2. The van der Waals surface area contributed by atoms with Gasteiger partial charge in [0.1, 0.15) is 5.02 Å². The average molecular weight is 805 g/mol. The van der Waals surface area contributed by atoms with Crippen molar-refractivity contribution in [3.8, 4) is 5.88 Å². The molecule has 4 aromatic rings. The van der Waals surface area contributed by atoms with E-state index in [2.05, 4.69) is 53.7 Å². The maximum absolute atomic E-state index is 13.7. The Bertz CT molecular complexity index is 2190. The molecular formula is C39H49ClN10O5S. The van der Waals surface area contributed by atoms with Crippen molar-refractivity contribution >= 4 is 61.9 Å². The van der Waals surface area contributed by atoms with Crippen LogP contribution in [-0.2, 0) is 21.9 Å². The van der Waals surface area contributed by atoms with Crippen molar-refractivity contribution in [1.82, 2.24) is 34.3 Å². The van der Waals surface area contributed by atoms with E-state index in [4.69, 9.17) is 16.3 Å². The van der Waals surface area contributed by atoms with E-state index in [0.29, 0.717) is 71.9 Å². The monoisotopic (exact) mass is 804 g/mol. The van der Waals surface area contributed by atoms with Gasteiger partial charge in [-0.25, -0.2) is 18.2 Å². The smallest absolute Gasteiger partial charge is 0.329 e. The van der Waals surface area contributed by atoms with Gasteiger partial charge in [0.2, 0.25) is 27.8 Å². The van der Waals surface area contributed by atoms with Crippen molar-refractivity contribution in [1.29, 1.82) is 0 Å². The molecule has 0 aliphatic carbocycles.